The normalized spacial score (nSPS) is 11.2. The first kappa shape index (κ1) is 37.6. The van der Waals surface area contributed by atoms with E-state index in [1.54, 1.807) is 6.92 Å². The summed E-state index contributed by atoms with van der Waals surface area (Å²) in [6, 6.07) is 0. The van der Waals surface area contributed by atoms with Crippen LogP contribution in [0.25, 0.3) is 0 Å². The maximum atomic E-state index is 11.2. The molecule has 0 aromatic rings. The molecule has 0 aliphatic carbocycles. The first-order chi connectivity index (χ1) is 17.9. The van der Waals surface area contributed by atoms with Crippen LogP contribution in [0.4, 0.5) is 0 Å². The van der Waals surface area contributed by atoms with E-state index in [2.05, 4.69) is 33.9 Å². The highest BCUT2D eigenvalue weighted by Crippen LogP contribution is 2.14. The van der Waals surface area contributed by atoms with Crippen molar-refractivity contribution in [1.82, 2.24) is 0 Å². The summed E-state index contributed by atoms with van der Waals surface area (Å²) in [6.07, 6.45) is 27.6. The molecule has 1 unspecified atom stereocenters. The topological polar surface area (TPSA) is 52.6 Å². The van der Waals surface area contributed by atoms with Gasteiger partial charge in [0, 0.05) is 11.6 Å². The predicted molar refractivity (Wildman–Crippen MR) is 160 cm³/mol. The van der Waals surface area contributed by atoms with Crippen LogP contribution in [0.2, 0.25) is 0 Å². The molecule has 0 saturated heterocycles. The SMILES string of the molecule is C=C(C)C(=O)OCCCCCCCCCCCCCCCCCC.C=CC(=O)OCC(CC)CCCC. The molecule has 37 heavy (non-hydrogen) atoms. The Morgan fingerprint density at radius 3 is 1.49 bits per heavy atom. The van der Waals surface area contributed by atoms with E-state index in [9.17, 15) is 9.59 Å². The average Bonchev–Trinajstić information content (AvgIpc) is 2.90. The maximum Gasteiger partial charge on any atom is 0.333 e. The number of hydrogen-bond acceptors (Lipinski definition) is 4. The Balaban J connectivity index is 0. The summed E-state index contributed by atoms with van der Waals surface area (Å²) in [4.78, 5) is 21.9. The van der Waals surface area contributed by atoms with E-state index in [-0.39, 0.29) is 11.9 Å². The summed E-state index contributed by atoms with van der Waals surface area (Å²) in [6.45, 7) is 16.3. The van der Waals surface area contributed by atoms with Gasteiger partial charge in [-0.05, 0) is 25.7 Å². The molecule has 0 bridgehead atoms. The van der Waals surface area contributed by atoms with Crippen molar-refractivity contribution < 1.29 is 19.1 Å². The van der Waals surface area contributed by atoms with Crippen LogP contribution in [0.1, 0.15) is 156 Å². The minimum atomic E-state index is -0.310. The van der Waals surface area contributed by atoms with Crippen LogP contribution in [0.3, 0.4) is 0 Å². The van der Waals surface area contributed by atoms with Crippen molar-refractivity contribution in [3.63, 3.8) is 0 Å². The summed E-state index contributed by atoms with van der Waals surface area (Å²) in [5, 5.41) is 0. The maximum absolute atomic E-state index is 11.2. The van der Waals surface area contributed by atoms with Crippen molar-refractivity contribution in [2.75, 3.05) is 13.2 Å². The zero-order chi connectivity index (χ0) is 28.0. The van der Waals surface area contributed by atoms with E-state index in [1.165, 1.54) is 115 Å². The Hall–Kier alpha value is -1.58. The Morgan fingerprint density at radius 2 is 1.11 bits per heavy atom. The summed E-state index contributed by atoms with van der Waals surface area (Å²) in [5.74, 6) is -0.0465. The third-order valence-corrected chi connectivity index (χ3v) is 6.75. The first-order valence-electron chi connectivity index (χ1n) is 15.5. The zero-order valence-corrected chi connectivity index (χ0v) is 25.3. The molecule has 0 aromatic heterocycles. The molecule has 0 aliphatic rings. The van der Waals surface area contributed by atoms with Crippen molar-refractivity contribution in [2.24, 2.45) is 5.92 Å². The minimum absolute atomic E-state index is 0.254. The lowest BCUT2D eigenvalue weighted by Gasteiger charge is -2.13. The van der Waals surface area contributed by atoms with Gasteiger partial charge in [-0.15, -0.1) is 0 Å². The zero-order valence-electron chi connectivity index (χ0n) is 25.3. The Kier molecular flexibility index (Phi) is 31.1. The highest BCUT2D eigenvalue weighted by atomic mass is 16.5. The summed E-state index contributed by atoms with van der Waals surface area (Å²) in [5.41, 5.74) is 0.492. The Morgan fingerprint density at radius 1 is 0.676 bits per heavy atom. The van der Waals surface area contributed by atoms with Crippen LogP contribution >= 0.6 is 0 Å². The van der Waals surface area contributed by atoms with Crippen molar-refractivity contribution in [3.05, 3.63) is 24.8 Å². The number of rotatable bonds is 25. The van der Waals surface area contributed by atoms with Crippen LogP contribution in [-0.4, -0.2) is 25.2 Å². The van der Waals surface area contributed by atoms with Gasteiger partial charge in [0.25, 0.3) is 0 Å². The van der Waals surface area contributed by atoms with Crippen molar-refractivity contribution in [3.8, 4) is 0 Å². The second kappa shape index (κ2) is 30.6. The lowest BCUT2D eigenvalue weighted by Crippen LogP contribution is -2.12. The third kappa shape index (κ3) is 30.5. The van der Waals surface area contributed by atoms with E-state index in [1.807, 2.05) is 0 Å². The second-order valence-corrected chi connectivity index (χ2v) is 10.5. The number of ether oxygens (including phenoxy) is 2. The molecule has 0 aromatic carbocycles. The fourth-order valence-corrected chi connectivity index (χ4v) is 4.10. The lowest BCUT2D eigenvalue weighted by atomic mass is 10.0. The van der Waals surface area contributed by atoms with Crippen molar-refractivity contribution >= 4 is 11.9 Å². The van der Waals surface area contributed by atoms with Gasteiger partial charge >= 0.3 is 11.9 Å². The monoisotopic (exact) mass is 522 g/mol. The molecule has 0 rings (SSSR count). The van der Waals surface area contributed by atoms with Crippen molar-refractivity contribution in [2.45, 2.75) is 156 Å². The second-order valence-electron chi connectivity index (χ2n) is 10.5. The lowest BCUT2D eigenvalue weighted by molar-refractivity contribution is -0.140. The van der Waals surface area contributed by atoms with Gasteiger partial charge in [-0.25, -0.2) is 9.59 Å². The molecular formula is C33H62O4. The standard InChI is InChI=1S/C22H42O2.C11H20O2/c1-4-5-6-7-8-9-10-11-12-13-14-15-16-17-18-19-20-24-22(23)21(2)3;1-4-7-8-10(5-2)9-13-11(12)6-3/h2,4-20H2,1,3H3;6,10H,3-5,7-9H2,1-2H3. The van der Waals surface area contributed by atoms with Gasteiger partial charge in [0.2, 0.25) is 0 Å². The Bertz CT molecular complexity index is 540. The van der Waals surface area contributed by atoms with Gasteiger partial charge in [-0.2, -0.15) is 0 Å². The van der Waals surface area contributed by atoms with E-state index in [4.69, 9.17) is 9.47 Å². The summed E-state index contributed by atoms with van der Waals surface area (Å²) >= 11 is 0. The quantitative estimate of drug-likeness (QED) is 0.0679. The molecule has 218 valence electrons. The number of unbranched alkanes of at least 4 members (excludes halogenated alkanes) is 16. The van der Waals surface area contributed by atoms with Gasteiger partial charge in [0.1, 0.15) is 0 Å². The van der Waals surface area contributed by atoms with E-state index in [0.717, 1.165) is 19.3 Å². The number of carbonyl (C=O) groups is 2. The van der Waals surface area contributed by atoms with Crippen LogP contribution in [0.5, 0.6) is 0 Å². The fourth-order valence-electron chi connectivity index (χ4n) is 4.10. The average molecular weight is 523 g/mol. The third-order valence-electron chi connectivity index (χ3n) is 6.75. The largest absolute Gasteiger partial charge is 0.462 e. The van der Waals surface area contributed by atoms with Crippen LogP contribution in [0, 0.1) is 5.92 Å². The molecule has 0 N–H and O–H groups in total. The van der Waals surface area contributed by atoms with Crippen LogP contribution in [0.15, 0.2) is 24.8 Å². The summed E-state index contributed by atoms with van der Waals surface area (Å²) < 4.78 is 10.1. The van der Waals surface area contributed by atoms with Gasteiger partial charge in [-0.3, -0.25) is 0 Å². The highest BCUT2D eigenvalue weighted by molar-refractivity contribution is 5.86. The van der Waals surface area contributed by atoms with Gasteiger partial charge in [0.05, 0.1) is 13.2 Å². The predicted octanol–water partition coefficient (Wildman–Crippen LogP) is 10.3. The van der Waals surface area contributed by atoms with Crippen LogP contribution in [-0.2, 0) is 19.1 Å². The summed E-state index contributed by atoms with van der Waals surface area (Å²) in [7, 11) is 0. The Labute approximate surface area is 231 Å². The number of hydrogen-bond donors (Lipinski definition) is 0. The molecule has 0 radical (unpaired) electrons. The fraction of sp³-hybridized carbons (Fsp3) is 0.818. The van der Waals surface area contributed by atoms with Gasteiger partial charge in [0.15, 0.2) is 0 Å². The molecule has 4 nitrogen and oxygen atoms in total. The number of carbonyl (C=O) groups excluding carboxylic acids is 2. The van der Waals surface area contributed by atoms with Gasteiger partial charge < -0.3 is 9.47 Å². The molecular weight excluding hydrogens is 460 g/mol. The van der Waals surface area contributed by atoms with E-state index >= 15 is 0 Å². The molecule has 0 fully saturated rings. The smallest absolute Gasteiger partial charge is 0.333 e. The first-order valence-corrected chi connectivity index (χ1v) is 15.5. The molecule has 0 aliphatic heterocycles. The highest BCUT2D eigenvalue weighted by Gasteiger charge is 2.07. The molecule has 0 amide bonds. The number of esters is 2. The molecule has 4 heteroatoms. The van der Waals surface area contributed by atoms with Crippen molar-refractivity contribution in [1.29, 1.82) is 0 Å². The van der Waals surface area contributed by atoms with E-state index < -0.39 is 0 Å². The van der Waals surface area contributed by atoms with E-state index in [0.29, 0.717) is 24.7 Å². The van der Waals surface area contributed by atoms with Crippen LogP contribution < -0.4 is 0 Å². The minimum Gasteiger partial charge on any atom is -0.462 e. The molecule has 1 atom stereocenters. The molecule has 0 spiro atoms. The molecule has 0 saturated carbocycles. The van der Waals surface area contributed by atoms with Gasteiger partial charge in [-0.1, -0.05) is 150 Å². The molecule has 0 heterocycles.